The zero-order chi connectivity index (χ0) is 8.27. The second-order valence-corrected chi connectivity index (χ2v) is 3.41. The third-order valence-corrected chi connectivity index (χ3v) is 2.72. The molecule has 2 heteroatoms. The van der Waals surface area contributed by atoms with Gasteiger partial charge in [-0.25, -0.2) is 0 Å². The van der Waals surface area contributed by atoms with Gasteiger partial charge in [0.2, 0.25) is 0 Å². The fourth-order valence-electron chi connectivity index (χ4n) is 1.09. The molecule has 0 radical (unpaired) electrons. The molecule has 1 atom stereocenters. The second-order valence-electron chi connectivity index (χ2n) is 2.76. The lowest BCUT2D eigenvalue weighted by Crippen LogP contribution is -2.00. The van der Waals surface area contributed by atoms with Crippen molar-refractivity contribution in [3.8, 4) is 0 Å². The van der Waals surface area contributed by atoms with Crippen molar-refractivity contribution in [2.75, 3.05) is 5.33 Å². The smallest absolute Gasteiger partial charge is 0.0469 e. The largest absolute Gasteiger partial charge is 0.261 e. The van der Waals surface area contributed by atoms with Gasteiger partial charge in [-0.1, -0.05) is 28.9 Å². The molecule has 1 heterocycles. The molecule has 0 saturated heterocycles. The fraction of sp³-hybridized carbons (Fsp3) is 0.444. The van der Waals surface area contributed by atoms with E-state index in [4.69, 9.17) is 0 Å². The van der Waals surface area contributed by atoms with Gasteiger partial charge >= 0.3 is 0 Å². The van der Waals surface area contributed by atoms with Gasteiger partial charge < -0.3 is 0 Å². The zero-order valence-electron chi connectivity index (χ0n) is 6.84. The topological polar surface area (TPSA) is 12.9 Å². The van der Waals surface area contributed by atoms with E-state index < -0.39 is 0 Å². The lowest BCUT2D eigenvalue weighted by Gasteiger charge is -2.08. The van der Waals surface area contributed by atoms with Crippen LogP contribution in [0.15, 0.2) is 18.3 Å². The summed E-state index contributed by atoms with van der Waals surface area (Å²) < 4.78 is 0. The van der Waals surface area contributed by atoms with E-state index in [9.17, 15) is 0 Å². The summed E-state index contributed by atoms with van der Waals surface area (Å²) in [5, 5.41) is 0.977. The quantitative estimate of drug-likeness (QED) is 0.689. The summed E-state index contributed by atoms with van der Waals surface area (Å²) in [7, 11) is 0. The molecule has 1 aromatic heterocycles. The number of aryl methyl sites for hydroxylation is 1. The van der Waals surface area contributed by atoms with Crippen LogP contribution in [-0.4, -0.2) is 10.3 Å². The van der Waals surface area contributed by atoms with Crippen molar-refractivity contribution >= 4 is 15.9 Å². The van der Waals surface area contributed by atoms with Gasteiger partial charge in [0.25, 0.3) is 0 Å². The molecule has 0 amide bonds. The Morgan fingerprint density at radius 2 is 2.36 bits per heavy atom. The monoisotopic (exact) mass is 213 g/mol. The highest BCUT2D eigenvalue weighted by Gasteiger charge is 2.06. The zero-order valence-corrected chi connectivity index (χ0v) is 8.43. The number of halogens is 1. The molecule has 0 aliphatic heterocycles. The number of hydrogen-bond acceptors (Lipinski definition) is 1. The van der Waals surface area contributed by atoms with Crippen LogP contribution in [0.2, 0.25) is 0 Å². The molecule has 1 aromatic rings. The molecule has 0 saturated carbocycles. The van der Waals surface area contributed by atoms with Crippen LogP contribution in [0.3, 0.4) is 0 Å². The first kappa shape index (κ1) is 8.72. The van der Waals surface area contributed by atoms with Crippen LogP contribution in [0.4, 0.5) is 0 Å². The van der Waals surface area contributed by atoms with Gasteiger partial charge in [-0.3, -0.25) is 4.98 Å². The molecule has 0 N–H and O–H groups in total. The first-order valence-corrected chi connectivity index (χ1v) is 4.85. The van der Waals surface area contributed by atoms with Crippen molar-refractivity contribution in [1.29, 1.82) is 0 Å². The summed E-state index contributed by atoms with van der Waals surface area (Å²) in [6, 6.07) is 4.07. The third kappa shape index (κ3) is 2.03. The highest BCUT2D eigenvalue weighted by atomic mass is 79.9. The van der Waals surface area contributed by atoms with Crippen LogP contribution in [-0.2, 0) is 0 Å². The molecular formula is C9H12BrN. The highest BCUT2D eigenvalue weighted by Crippen LogP contribution is 2.17. The molecular weight excluding hydrogens is 202 g/mol. The minimum Gasteiger partial charge on any atom is -0.261 e. The van der Waals surface area contributed by atoms with Crippen LogP contribution in [0.25, 0.3) is 0 Å². The fourth-order valence-corrected chi connectivity index (χ4v) is 1.39. The maximum Gasteiger partial charge on any atom is 0.0469 e. The highest BCUT2D eigenvalue weighted by molar-refractivity contribution is 9.09. The van der Waals surface area contributed by atoms with Gasteiger partial charge in [0, 0.05) is 23.1 Å². The van der Waals surface area contributed by atoms with E-state index >= 15 is 0 Å². The molecule has 0 fully saturated rings. The lowest BCUT2D eigenvalue weighted by atomic mass is 10.1. The van der Waals surface area contributed by atoms with Crippen LogP contribution in [0, 0.1) is 6.92 Å². The standard InChI is InChI=1S/C9H12BrN/c1-7-4-3-5-11-9(7)8(2)6-10/h3-5,8H,6H2,1-2H3. The normalized spacial score (nSPS) is 13.0. The number of nitrogens with zero attached hydrogens (tertiary/aromatic N) is 1. The van der Waals surface area contributed by atoms with Crippen LogP contribution in [0.5, 0.6) is 0 Å². The summed E-state index contributed by atoms with van der Waals surface area (Å²) in [5.74, 6) is 0.510. The Morgan fingerprint density at radius 1 is 1.64 bits per heavy atom. The van der Waals surface area contributed by atoms with Gasteiger partial charge in [-0.15, -0.1) is 0 Å². The average Bonchev–Trinajstić information content (AvgIpc) is 2.04. The number of pyridine rings is 1. The van der Waals surface area contributed by atoms with Crippen molar-refractivity contribution in [2.45, 2.75) is 19.8 Å². The van der Waals surface area contributed by atoms with Gasteiger partial charge in [0.15, 0.2) is 0 Å². The van der Waals surface area contributed by atoms with E-state index in [1.54, 1.807) is 0 Å². The van der Waals surface area contributed by atoms with Gasteiger partial charge in [-0.2, -0.15) is 0 Å². The van der Waals surface area contributed by atoms with E-state index in [-0.39, 0.29) is 0 Å². The summed E-state index contributed by atoms with van der Waals surface area (Å²) in [6.07, 6.45) is 1.85. The third-order valence-electron chi connectivity index (χ3n) is 1.75. The van der Waals surface area contributed by atoms with E-state index in [1.165, 1.54) is 11.3 Å². The van der Waals surface area contributed by atoms with Gasteiger partial charge in [0.1, 0.15) is 0 Å². The van der Waals surface area contributed by atoms with Crippen LogP contribution >= 0.6 is 15.9 Å². The van der Waals surface area contributed by atoms with Gasteiger partial charge in [0.05, 0.1) is 0 Å². The van der Waals surface area contributed by atoms with Crippen molar-refractivity contribution in [2.24, 2.45) is 0 Å². The van der Waals surface area contributed by atoms with Crippen LogP contribution in [0.1, 0.15) is 24.1 Å². The minimum atomic E-state index is 0.510. The van der Waals surface area contributed by atoms with E-state index in [0.717, 1.165) is 5.33 Å². The first-order chi connectivity index (χ1) is 5.25. The van der Waals surface area contributed by atoms with Crippen LogP contribution < -0.4 is 0 Å². The Hall–Kier alpha value is -0.370. The number of alkyl halides is 1. The second kappa shape index (κ2) is 3.86. The molecule has 1 nitrogen and oxygen atoms in total. The SMILES string of the molecule is Cc1cccnc1C(C)CBr. The molecule has 0 aliphatic carbocycles. The lowest BCUT2D eigenvalue weighted by molar-refractivity contribution is 0.829. The minimum absolute atomic E-state index is 0.510. The Labute approximate surface area is 76.0 Å². The molecule has 0 bridgehead atoms. The summed E-state index contributed by atoms with van der Waals surface area (Å²) in [5.41, 5.74) is 2.48. The molecule has 0 spiro atoms. The molecule has 0 aliphatic rings. The van der Waals surface area contributed by atoms with Crippen molar-refractivity contribution in [3.63, 3.8) is 0 Å². The summed E-state index contributed by atoms with van der Waals surface area (Å²) >= 11 is 3.45. The van der Waals surface area contributed by atoms with Crippen molar-refractivity contribution in [3.05, 3.63) is 29.6 Å². The Kier molecular flexibility index (Phi) is 3.06. The predicted octanol–water partition coefficient (Wildman–Crippen LogP) is 2.89. The predicted molar refractivity (Wildman–Crippen MR) is 51.2 cm³/mol. The Balaban J connectivity index is 2.93. The Morgan fingerprint density at radius 3 is 2.91 bits per heavy atom. The molecule has 0 aromatic carbocycles. The molecule has 11 heavy (non-hydrogen) atoms. The Bertz CT molecular complexity index is 235. The maximum absolute atomic E-state index is 4.32. The van der Waals surface area contributed by atoms with E-state index in [2.05, 4.69) is 40.8 Å². The van der Waals surface area contributed by atoms with E-state index in [0.29, 0.717) is 5.92 Å². The average molecular weight is 214 g/mol. The summed E-state index contributed by atoms with van der Waals surface area (Å²) in [4.78, 5) is 4.32. The maximum atomic E-state index is 4.32. The van der Waals surface area contributed by atoms with Crippen molar-refractivity contribution in [1.82, 2.24) is 4.98 Å². The first-order valence-electron chi connectivity index (χ1n) is 3.73. The number of hydrogen-bond donors (Lipinski definition) is 0. The summed E-state index contributed by atoms with van der Waals surface area (Å²) in [6.45, 7) is 4.27. The van der Waals surface area contributed by atoms with Gasteiger partial charge in [-0.05, 0) is 18.6 Å². The number of aromatic nitrogens is 1. The molecule has 1 unspecified atom stereocenters. The van der Waals surface area contributed by atoms with E-state index in [1.807, 2.05) is 12.3 Å². The van der Waals surface area contributed by atoms with Crippen molar-refractivity contribution < 1.29 is 0 Å². The molecule has 60 valence electrons. The number of rotatable bonds is 2. The molecule has 1 rings (SSSR count).